The molecule has 0 fully saturated rings. The minimum absolute atomic E-state index is 0.0844. The lowest BCUT2D eigenvalue weighted by Gasteiger charge is -2.09. The van der Waals surface area contributed by atoms with E-state index in [9.17, 15) is 14.4 Å². The molecule has 0 radical (unpaired) electrons. The van der Waals surface area contributed by atoms with Crippen LogP contribution < -0.4 is 20.1 Å². The highest BCUT2D eigenvalue weighted by Crippen LogP contribution is 2.34. The normalized spacial score (nSPS) is 10.4. The number of amides is 2. The second-order valence-corrected chi connectivity index (χ2v) is 8.71. The van der Waals surface area contributed by atoms with Crippen molar-refractivity contribution in [3.8, 4) is 11.5 Å². The number of hydrogen-bond donors (Lipinski definition) is 2. The van der Waals surface area contributed by atoms with Gasteiger partial charge in [0.15, 0.2) is 6.61 Å². The number of hydrogen-bond acceptors (Lipinski definition) is 7. The predicted molar refractivity (Wildman–Crippen MR) is 132 cm³/mol. The Balaban J connectivity index is 1.79. The van der Waals surface area contributed by atoms with Crippen LogP contribution in [0.15, 0.2) is 42.5 Å². The van der Waals surface area contributed by atoms with Crippen molar-refractivity contribution in [2.24, 2.45) is 0 Å². The molecule has 0 aliphatic rings. The molecule has 0 spiro atoms. The summed E-state index contributed by atoms with van der Waals surface area (Å²) in [7, 11) is 2.74. The zero-order valence-electron chi connectivity index (χ0n) is 18.4. The van der Waals surface area contributed by atoms with Crippen LogP contribution in [0.4, 0.5) is 10.7 Å². The number of benzene rings is 2. The molecule has 178 valence electrons. The number of carbonyl (C=O) groups is 3. The molecule has 0 bridgehead atoms. The molecule has 11 heteroatoms. The molecule has 0 unspecified atom stereocenters. The minimum atomic E-state index is -0.689. The Labute approximate surface area is 209 Å². The maximum Gasteiger partial charge on any atom is 0.341 e. The van der Waals surface area contributed by atoms with Crippen molar-refractivity contribution in [1.29, 1.82) is 0 Å². The summed E-state index contributed by atoms with van der Waals surface area (Å²) in [5.74, 6) is -0.853. The average Bonchev–Trinajstić information content (AvgIpc) is 3.13. The smallest absolute Gasteiger partial charge is 0.341 e. The number of thiophene rings is 1. The van der Waals surface area contributed by atoms with Crippen LogP contribution in [-0.2, 0) is 9.53 Å². The number of halogens is 2. The molecule has 1 aromatic heterocycles. The molecule has 2 N–H and O–H groups in total. The van der Waals surface area contributed by atoms with Crippen LogP contribution in [0.5, 0.6) is 11.5 Å². The van der Waals surface area contributed by atoms with E-state index in [1.54, 1.807) is 37.3 Å². The number of anilines is 2. The van der Waals surface area contributed by atoms with Gasteiger partial charge in [0.1, 0.15) is 16.5 Å². The third-order valence-electron chi connectivity index (χ3n) is 4.58. The molecule has 8 nitrogen and oxygen atoms in total. The van der Waals surface area contributed by atoms with Gasteiger partial charge in [-0.1, -0.05) is 29.3 Å². The Hall–Kier alpha value is -3.27. The maximum absolute atomic E-state index is 12.9. The highest BCUT2D eigenvalue weighted by Gasteiger charge is 2.26. The molecule has 0 saturated carbocycles. The third-order valence-corrected chi connectivity index (χ3v) is 6.31. The molecule has 3 rings (SSSR count). The fourth-order valence-corrected chi connectivity index (χ4v) is 4.52. The molecule has 0 atom stereocenters. The monoisotopic (exact) mass is 522 g/mol. The average molecular weight is 523 g/mol. The van der Waals surface area contributed by atoms with Crippen LogP contribution >= 0.6 is 34.5 Å². The van der Waals surface area contributed by atoms with Gasteiger partial charge in [-0.25, -0.2) is 4.79 Å². The van der Waals surface area contributed by atoms with Crippen molar-refractivity contribution in [3.63, 3.8) is 0 Å². The van der Waals surface area contributed by atoms with Gasteiger partial charge in [0.25, 0.3) is 11.8 Å². The van der Waals surface area contributed by atoms with Crippen molar-refractivity contribution >= 4 is 63.0 Å². The molecule has 34 heavy (non-hydrogen) atoms. The SMILES string of the molecule is COC(=O)c1c(NC(=O)COc2ccc(Cl)cc2Cl)sc(C(=O)Nc2cccc(OC)c2)c1C. The molecule has 0 saturated heterocycles. The quantitative estimate of drug-likeness (QED) is 0.382. The molecule has 1 heterocycles. The summed E-state index contributed by atoms with van der Waals surface area (Å²) < 4.78 is 15.4. The van der Waals surface area contributed by atoms with Gasteiger partial charge in [-0.3, -0.25) is 9.59 Å². The predicted octanol–water partition coefficient (Wildman–Crippen LogP) is 5.43. The van der Waals surface area contributed by atoms with Gasteiger partial charge in [0, 0.05) is 16.8 Å². The topological polar surface area (TPSA) is 103 Å². The zero-order chi connectivity index (χ0) is 24.8. The zero-order valence-corrected chi connectivity index (χ0v) is 20.7. The molecule has 2 amide bonds. The highest BCUT2D eigenvalue weighted by atomic mass is 35.5. The largest absolute Gasteiger partial charge is 0.497 e. The van der Waals surface area contributed by atoms with Crippen LogP contribution in [-0.4, -0.2) is 38.6 Å². The van der Waals surface area contributed by atoms with Gasteiger partial charge in [0.05, 0.1) is 29.7 Å². The maximum atomic E-state index is 12.9. The summed E-state index contributed by atoms with van der Waals surface area (Å²) in [6, 6.07) is 11.4. The van der Waals surface area contributed by atoms with Crippen molar-refractivity contribution in [3.05, 3.63) is 68.5 Å². The van der Waals surface area contributed by atoms with Gasteiger partial charge >= 0.3 is 5.97 Å². The number of esters is 1. The number of ether oxygens (including phenoxy) is 3. The summed E-state index contributed by atoms with van der Waals surface area (Å²) in [6.45, 7) is 1.22. The van der Waals surface area contributed by atoms with Crippen molar-refractivity contribution < 1.29 is 28.6 Å². The van der Waals surface area contributed by atoms with E-state index in [0.717, 1.165) is 11.3 Å². The fourth-order valence-electron chi connectivity index (χ4n) is 2.95. The lowest BCUT2D eigenvalue weighted by atomic mass is 10.1. The van der Waals surface area contributed by atoms with Crippen LogP contribution in [0.25, 0.3) is 0 Å². The van der Waals surface area contributed by atoms with E-state index in [-0.39, 0.29) is 32.8 Å². The van der Waals surface area contributed by atoms with Crippen LogP contribution in [0.1, 0.15) is 25.6 Å². The van der Waals surface area contributed by atoms with E-state index in [4.69, 9.17) is 37.4 Å². The van der Waals surface area contributed by atoms with E-state index in [1.165, 1.54) is 26.4 Å². The summed E-state index contributed by atoms with van der Waals surface area (Å²) in [5, 5.41) is 6.21. The molecule has 3 aromatic rings. The standard InChI is InChI=1S/C23H20Cl2N2O6S/c1-12-19(23(30)32-3)22(27-18(28)11-33-17-8-7-13(24)9-16(17)25)34-20(12)21(29)26-14-5-4-6-15(10-14)31-2/h4-10H,11H2,1-3H3,(H,26,29)(H,27,28). The Morgan fingerprint density at radius 3 is 2.47 bits per heavy atom. The Morgan fingerprint density at radius 2 is 1.79 bits per heavy atom. The Kier molecular flexibility index (Phi) is 8.38. The summed E-state index contributed by atoms with van der Waals surface area (Å²) >= 11 is 12.9. The first-order chi connectivity index (χ1) is 16.2. The fraction of sp³-hybridized carbons (Fsp3) is 0.174. The third kappa shape index (κ3) is 5.99. The second-order valence-electron chi connectivity index (χ2n) is 6.85. The van der Waals surface area contributed by atoms with Gasteiger partial charge in [-0.2, -0.15) is 0 Å². The lowest BCUT2D eigenvalue weighted by molar-refractivity contribution is -0.118. The number of rotatable bonds is 8. The molecular weight excluding hydrogens is 503 g/mol. The van der Waals surface area contributed by atoms with Crippen LogP contribution in [0.3, 0.4) is 0 Å². The molecule has 0 aliphatic carbocycles. The van der Waals surface area contributed by atoms with E-state index >= 15 is 0 Å². The van der Waals surface area contributed by atoms with E-state index < -0.39 is 17.8 Å². The van der Waals surface area contributed by atoms with Crippen molar-refractivity contribution in [2.45, 2.75) is 6.92 Å². The van der Waals surface area contributed by atoms with Gasteiger partial charge in [0.2, 0.25) is 0 Å². The molecule has 2 aromatic carbocycles. The van der Waals surface area contributed by atoms with E-state index in [2.05, 4.69) is 10.6 Å². The first-order valence-electron chi connectivity index (χ1n) is 9.78. The minimum Gasteiger partial charge on any atom is -0.497 e. The molecule has 0 aliphatic heterocycles. The lowest BCUT2D eigenvalue weighted by Crippen LogP contribution is -2.21. The first kappa shape index (κ1) is 25.4. The number of carbonyl (C=O) groups excluding carboxylic acids is 3. The second kappa shape index (κ2) is 11.2. The number of nitrogens with one attached hydrogen (secondary N) is 2. The van der Waals surface area contributed by atoms with Crippen LogP contribution in [0, 0.1) is 6.92 Å². The van der Waals surface area contributed by atoms with E-state index in [1.807, 2.05) is 0 Å². The summed E-state index contributed by atoms with van der Waals surface area (Å²) in [6.07, 6.45) is 0. The van der Waals surface area contributed by atoms with Gasteiger partial charge < -0.3 is 24.8 Å². The molecular formula is C23H20Cl2N2O6S. The summed E-state index contributed by atoms with van der Waals surface area (Å²) in [5.41, 5.74) is 0.964. The van der Waals surface area contributed by atoms with E-state index in [0.29, 0.717) is 22.0 Å². The highest BCUT2D eigenvalue weighted by molar-refractivity contribution is 7.19. The Bertz CT molecular complexity index is 1240. The Morgan fingerprint density at radius 1 is 1.03 bits per heavy atom. The first-order valence-corrected chi connectivity index (χ1v) is 11.4. The van der Waals surface area contributed by atoms with Gasteiger partial charge in [-0.15, -0.1) is 11.3 Å². The summed E-state index contributed by atoms with van der Waals surface area (Å²) in [4.78, 5) is 38.1. The van der Waals surface area contributed by atoms with Crippen LogP contribution in [0.2, 0.25) is 10.0 Å². The van der Waals surface area contributed by atoms with Gasteiger partial charge in [-0.05, 0) is 42.8 Å². The van der Waals surface area contributed by atoms with Crippen molar-refractivity contribution in [2.75, 3.05) is 31.5 Å². The number of methoxy groups -OCH3 is 2. The van der Waals surface area contributed by atoms with Crippen molar-refractivity contribution in [1.82, 2.24) is 0 Å².